The van der Waals surface area contributed by atoms with Gasteiger partial charge >= 0.3 is 11.6 Å². The smallest absolute Gasteiger partial charge is 0.582 e. The summed E-state index contributed by atoms with van der Waals surface area (Å²) in [5.74, 6) is -1.30. The van der Waals surface area contributed by atoms with Crippen LogP contribution in [-0.2, 0) is 6.54 Å². The molecule has 9 nitrogen and oxygen atoms in total. The van der Waals surface area contributed by atoms with Gasteiger partial charge in [0, 0.05) is 4.85 Å². The maximum absolute atomic E-state index is 11.2. The third-order valence-corrected chi connectivity index (χ3v) is 1.44. The number of nitrogens with two attached hydrogens (primary N) is 1. The topological polar surface area (TPSA) is 134 Å². The van der Waals surface area contributed by atoms with Crippen molar-refractivity contribution in [1.82, 2.24) is 9.90 Å². The summed E-state index contributed by atoms with van der Waals surface area (Å²) in [6.45, 7) is 1.27. The Labute approximate surface area is 78.1 Å². The van der Waals surface area contributed by atoms with Gasteiger partial charge in [-0.15, -0.1) is 0 Å². The normalized spacial score (nSPS) is 12.7. The molecule has 0 aromatic carbocycles. The first-order valence-corrected chi connectivity index (χ1v) is 3.72. The second-order valence-corrected chi connectivity index (χ2v) is 2.74. The molecule has 0 bridgehead atoms. The SMILES string of the molecule is CC(O)Cn1nc(N)c([N+](=O)[O-])[n+]1[O-]. The summed E-state index contributed by atoms with van der Waals surface area (Å²) >= 11 is 0. The number of nitrogen functional groups attached to an aromatic ring is 1. The molecule has 0 radical (unpaired) electrons. The number of anilines is 1. The lowest BCUT2D eigenvalue weighted by atomic mass is 10.4. The Balaban J connectivity index is 3.10. The predicted molar refractivity (Wildman–Crippen MR) is 43.9 cm³/mol. The summed E-state index contributed by atoms with van der Waals surface area (Å²) in [5.41, 5.74) is 5.14. The lowest BCUT2D eigenvalue weighted by Crippen LogP contribution is -2.41. The molecule has 1 unspecified atom stereocenters. The van der Waals surface area contributed by atoms with Crippen molar-refractivity contribution in [3.05, 3.63) is 15.3 Å². The fraction of sp³-hybridized carbons (Fsp3) is 0.600. The molecule has 0 spiro atoms. The van der Waals surface area contributed by atoms with E-state index in [0.29, 0.717) is 4.80 Å². The van der Waals surface area contributed by atoms with Crippen molar-refractivity contribution < 1.29 is 14.9 Å². The van der Waals surface area contributed by atoms with E-state index in [1.165, 1.54) is 6.92 Å². The molecule has 14 heavy (non-hydrogen) atoms. The van der Waals surface area contributed by atoms with E-state index < -0.39 is 22.7 Å². The Hall–Kier alpha value is -1.90. The fourth-order valence-corrected chi connectivity index (χ4v) is 0.932. The molecule has 0 fully saturated rings. The molecule has 0 aliphatic rings. The van der Waals surface area contributed by atoms with Crippen LogP contribution < -0.4 is 10.6 Å². The zero-order valence-electron chi connectivity index (χ0n) is 7.32. The molecular formula is C5H9N5O4. The highest BCUT2D eigenvalue weighted by molar-refractivity contribution is 5.40. The molecule has 3 N–H and O–H groups in total. The van der Waals surface area contributed by atoms with Crippen LogP contribution in [0.1, 0.15) is 6.92 Å². The largest absolute Gasteiger partial charge is 0.590 e. The Kier molecular flexibility index (Phi) is 2.51. The summed E-state index contributed by atoms with van der Waals surface area (Å²) in [6.07, 6.45) is -0.839. The van der Waals surface area contributed by atoms with Gasteiger partial charge in [-0.3, -0.25) is 10.1 Å². The van der Waals surface area contributed by atoms with E-state index in [-0.39, 0.29) is 11.4 Å². The van der Waals surface area contributed by atoms with Gasteiger partial charge < -0.3 is 16.0 Å². The molecule has 0 saturated heterocycles. The molecule has 1 aromatic heterocycles. The Morgan fingerprint density at radius 1 is 1.86 bits per heavy atom. The highest BCUT2D eigenvalue weighted by Gasteiger charge is 2.31. The van der Waals surface area contributed by atoms with Crippen LogP contribution in [0.3, 0.4) is 0 Å². The second kappa shape index (κ2) is 3.46. The predicted octanol–water partition coefficient (Wildman–Crippen LogP) is -1.61. The van der Waals surface area contributed by atoms with Gasteiger partial charge in [0.2, 0.25) is 0 Å². The first-order chi connectivity index (χ1) is 6.43. The van der Waals surface area contributed by atoms with Gasteiger partial charge in [0.1, 0.15) is 11.5 Å². The van der Waals surface area contributed by atoms with E-state index in [1.807, 2.05) is 0 Å². The minimum atomic E-state index is -0.923. The lowest BCUT2D eigenvalue weighted by Gasteiger charge is -2.01. The maximum atomic E-state index is 11.2. The van der Waals surface area contributed by atoms with E-state index in [1.54, 1.807) is 0 Å². The van der Waals surface area contributed by atoms with E-state index in [4.69, 9.17) is 10.8 Å². The first kappa shape index (κ1) is 10.2. The number of nitro groups is 1. The molecular weight excluding hydrogens is 194 g/mol. The van der Waals surface area contributed by atoms with Crippen LogP contribution >= 0.6 is 0 Å². The van der Waals surface area contributed by atoms with Crippen molar-refractivity contribution in [2.75, 3.05) is 5.73 Å². The van der Waals surface area contributed by atoms with E-state index in [0.717, 1.165) is 0 Å². The Morgan fingerprint density at radius 3 is 2.79 bits per heavy atom. The molecule has 1 rings (SSSR count). The number of hydrogen-bond donors (Lipinski definition) is 2. The summed E-state index contributed by atoms with van der Waals surface area (Å²) in [6, 6.07) is 0. The maximum Gasteiger partial charge on any atom is 0.582 e. The first-order valence-electron chi connectivity index (χ1n) is 3.72. The zero-order valence-corrected chi connectivity index (χ0v) is 7.32. The summed E-state index contributed by atoms with van der Waals surface area (Å²) in [7, 11) is 0. The van der Waals surface area contributed by atoms with Gasteiger partial charge in [-0.05, 0) is 11.7 Å². The highest BCUT2D eigenvalue weighted by atomic mass is 16.6. The van der Waals surface area contributed by atoms with E-state index in [9.17, 15) is 15.3 Å². The number of aliphatic hydroxyl groups is 1. The fourth-order valence-electron chi connectivity index (χ4n) is 0.932. The van der Waals surface area contributed by atoms with Crippen molar-refractivity contribution in [3.63, 3.8) is 0 Å². The lowest BCUT2D eigenvalue weighted by molar-refractivity contribution is -0.736. The summed E-state index contributed by atoms with van der Waals surface area (Å²) in [4.78, 5) is 10.0. The molecule has 1 aromatic rings. The van der Waals surface area contributed by atoms with Gasteiger partial charge in [0.25, 0.3) is 0 Å². The molecule has 1 atom stereocenters. The minimum Gasteiger partial charge on any atom is -0.590 e. The molecule has 0 aliphatic heterocycles. The third kappa shape index (κ3) is 1.71. The summed E-state index contributed by atoms with van der Waals surface area (Å²) < 4.78 is 0. The van der Waals surface area contributed by atoms with Crippen molar-refractivity contribution in [3.8, 4) is 0 Å². The third-order valence-electron chi connectivity index (χ3n) is 1.44. The van der Waals surface area contributed by atoms with Crippen LogP contribution in [-0.4, -0.2) is 26.0 Å². The van der Waals surface area contributed by atoms with Crippen LogP contribution in [0.25, 0.3) is 0 Å². The van der Waals surface area contributed by atoms with Crippen LogP contribution in [0, 0.1) is 15.3 Å². The summed E-state index contributed by atoms with van der Waals surface area (Å²) in [5, 5.41) is 33.8. The zero-order chi connectivity index (χ0) is 10.9. The van der Waals surface area contributed by atoms with Crippen molar-refractivity contribution in [1.29, 1.82) is 0 Å². The number of aromatic nitrogens is 3. The minimum absolute atomic E-state index is 0.0535. The number of rotatable bonds is 3. The van der Waals surface area contributed by atoms with Crippen LogP contribution in [0.4, 0.5) is 11.6 Å². The Bertz CT molecular complexity index is 359. The van der Waals surface area contributed by atoms with Crippen LogP contribution in [0.2, 0.25) is 0 Å². The average Bonchev–Trinajstić information content (AvgIpc) is 2.25. The van der Waals surface area contributed by atoms with Gasteiger partial charge in [-0.1, -0.05) is 5.10 Å². The number of nitrogens with zero attached hydrogens (tertiary/aromatic N) is 4. The van der Waals surface area contributed by atoms with Crippen molar-refractivity contribution >= 4 is 11.6 Å². The van der Waals surface area contributed by atoms with Crippen LogP contribution in [0.15, 0.2) is 0 Å². The van der Waals surface area contributed by atoms with Crippen molar-refractivity contribution in [2.24, 2.45) is 0 Å². The van der Waals surface area contributed by atoms with E-state index in [2.05, 4.69) is 5.10 Å². The average molecular weight is 203 g/mol. The molecule has 9 heteroatoms. The van der Waals surface area contributed by atoms with Gasteiger partial charge in [0.15, 0.2) is 0 Å². The highest BCUT2D eigenvalue weighted by Crippen LogP contribution is 2.11. The second-order valence-electron chi connectivity index (χ2n) is 2.74. The van der Waals surface area contributed by atoms with Gasteiger partial charge in [-0.2, -0.15) is 0 Å². The molecule has 78 valence electrons. The standard InChI is InChI=1S/C5H9N5O4/c1-3(11)2-8-7-4(6)5(9(8)12)10(13)14/h3,11H,2H2,1H3,(H2,6,7). The molecule has 0 amide bonds. The number of hydrogen-bond acceptors (Lipinski definition) is 6. The molecule has 0 saturated carbocycles. The number of aliphatic hydroxyl groups excluding tert-OH is 1. The van der Waals surface area contributed by atoms with E-state index >= 15 is 0 Å². The quantitative estimate of drug-likeness (QED) is 0.262. The van der Waals surface area contributed by atoms with Crippen molar-refractivity contribution in [2.45, 2.75) is 19.6 Å². The van der Waals surface area contributed by atoms with Gasteiger partial charge in [-0.25, -0.2) is 0 Å². The molecule has 0 aliphatic carbocycles. The monoisotopic (exact) mass is 203 g/mol. The van der Waals surface area contributed by atoms with Gasteiger partial charge in [0.05, 0.1) is 6.10 Å². The Morgan fingerprint density at radius 2 is 2.43 bits per heavy atom. The van der Waals surface area contributed by atoms with Crippen LogP contribution in [0.5, 0.6) is 0 Å². The molecule has 1 heterocycles.